The van der Waals surface area contributed by atoms with Crippen LogP contribution in [0.1, 0.15) is 33.1 Å². The Balaban J connectivity index is 3.91. The standard InChI is InChI=1S/C9H19NO2/c1-3-7(4-2)5-8(6-10)9(11)12/h7-8H,3-6,10H2,1-2H3,(H,11,12). The lowest BCUT2D eigenvalue weighted by atomic mass is 9.91. The summed E-state index contributed by atoms with van der Waals surface area (Å²) in [4.78, 5) is 10.6. The maximum atomic E-state index is 10.6. The summed E-state index contributed by atoms with van der Waals surface area (Å²) in [6.07, 6.45) is 2.80. The molecule has 0 aliphatic heterocycles. The zero-order valence-corrected chi connectivity index (χ0v) is 7.92. The van der Waals surface area contributed by atoms with Gasteiger partial charge in [0.15, 0.2) is 0 Å². The molecule has 0 saturated heterocycles. The van der Waals surface area contributed by atoms with Crippen LogP contribution in [0.5, 0.6) is 0 Å². The summed E-state index contributed by atoms with van der Waals surface area (Å²) in [5, 5.41) is 8.73. The molecule has 3 N–H and O–H groups in total. The van der Waals surface area contributed by atoms with Crippen LogP contribution in [0.3, 0.4) is 0 Å². The Bertz CT molecular complexity index is 132. The number of hydrogen-bond donors (Lipinski definition) is 2. The van der Waals surface area contributed by atoms with Crippen LogP contribution in [0.2, 0.25) is 0 Å². The van der Waals surface area contributed by atoms with E-state index in [0.717, 1.165) is 19.3 Å². The number of aliphatic carboxylic acids is 1. The molecule has 3 heteroatoms. The molecule has 0 aliphatic rings. The zero-order chi connectivity index (χ0) is 9.56. The molecule has 0 aromatic rings. The number of carboxylic acids is 1. The topological polar surface area (TPSA) is 63.3 Å². The first-order chi connectivity index (χ1) is 5.65. The zero-order valence-electron chi connectivity index (χ0n) is 7.92. The van der Waals surface area contributed by atoms with E-state index in [1.807, 2.05) is 0 Å². The molecule has 3 nitrogen and oxygen atoms in total. The van der Waals surface area contributed by atoms with Gasteiger partial charge in [-0.2, -0.15) is 0 Å². The quantitative estimate of drug-likeness (QED) is 0.639. The highest BCUT2D eigenvalue weighted by molar-refractivity contribution is 5.70. The van der Waals surface area contributed by atoms with Crippen molar-refractivity contribution in [3.63, 3.8) is 0 Å². The van der Waals surface area contributed by atoms with Crippen molar-refractivity contribution in [2.45, 2.75) is 33.1 Å². The summed E-state index contributed by atoms with van der Waals surface area (Å²) < 4.78 is 0. The highest BCUT2D eigenvalue weighted by Gasteiger charge is 2.18. The van der Waals surface area contributed by atoms with E-state index in [1.54, 1.807) is 0 Å². The number of nitrogens with two attached hydrogens (primary N) is 1. The maximum absolute atomic E-state index is 10.6. The third-order valence-corrected chi connectivity index (χ3v) is 2.41. The molecule has 0 aromatic heterocycles. The van der Waals surface area contributed by atoms with Crippen molar-refractivity contribution in [3.05, 3.63) is 0 Å². The Morgan fingerprint density at radius 2 is 1.92 bits per heavy atom. The van der Waals surface area contributed by atoms with Crippen molar-refractivity contribution in [1.29, 1.82) is 0 Å². The minimum atomic E-state index is -0.760. The van der Waals surface area contributed by atoms with Gasteiger partial charge in [0.2, 0.25) is 0 Å². The summed E-state index contributed by atoms with van der Waals surface area (Å²) in [5.41, 5.74) is 5.35. The summed E-state index contributed by atoms with van der Waals surface area (Å²) >= 11 is 0. The Labute approximate surface area is 74.0 Å². The molecule has 0 fully saturated rings. The van der Waals surface area contributed by atoms with Crippen LogP contribution in [0.4, 0.5) is 0 Å². The van der Waals surface area contributed by atoms with Crippen molar-refractivity contribution < 1.29 is 9.90 Å². The second kappa shape index (κ2) is 6.00. The maximum Gasteiger partial charge on any atom is 0.307 e. The third-order valence-electron chi connectivity index (χ3n) is 2.41. The second-order valence-electron chi connectivity index (χ2n) is 3.19. The smallest absolute Gasteiger partial charge is 0.307 e. The van der Waals surface area contributed by atoms with E-state index in [1.165, 1.54) is 0 Å². The molecule has 0 saturated carbocycles. The molecule has 0 rings (SSSR count). The highest BCUT2D eigenvalue weighted by atomic mass is 16.4. The fourth-order valence-electron chi connectivity index (χ4n) is 1.32. The van der Waals surface area contributed by atoms with Gasteiger partial charge in [0.25, 0.3) is 0 Å². The Morgan fingerprint density at radius 3 is 2.17 bits per heavy atom. The molecule has 1 atom stereocenters. The van der Waals surface area contributed by atoms with Crippen molar-refractivity contribution in [3.8, 4) is 0 Å². The fraction of sp³-hybridized carbons (Fsp3) is 0.889. The summed E-state index contributed by atoms with van der Waals surface area (Å²) in [7, 11) is 0. The van der Waals surface area contributed by atoms with Crippen molar-refractivity contribution >= 4 is 5.97 Å². The number of carbonyl (C=O) groups is 1. The van der Waals surface area contributed by atoms with E-state index in [9.17, 15) is 4.79 Å². The Hall–Kier alpha value is -0.570. The highest BCUT2D eigenvalue weighted by Crippen LogP contribution is 2.18. The molecule has 72 valence electrons. The molecule has 0 radical (unpaired) electrons. The first-order valence-electron chi connectivity index (χ1n) is 4.58. The van der Waals surface area contributed by atoms with Gasteiger partial charge in [0.1, 0.15) is 0 Å². The Morgan fingerprint density at radius 1 is 1.42 bits per heavy atom. The van der Waals surface area contributed by atoms with Crippen LogP contribution in [0.25, 0.3) is 0 Å². The predicted octanol–water partition coefficient (Wildman–Crippen LogP) is 1.47. The lowest BCUT2D eigenvalue weighted by Gasteiger charge is -2.16. The van der Waals surface area contributed by atoms with E-state index in [0.29, 0.717) is 5.92 Å². The van der Waals surface area contributed by atoms with Crippen LogP contribution in [-0.2, 0) is 4.79 Å². The van der Waals surface area contributed by atoms with Crippen LogP contribution >= 0.6 is 0 Å². The van der Waals surface area contributed by atoms with E-state index in [4.69, 9.17) is 10.8 Å². The van der Waals surface area contributed by atoms with Gasteiger partial charge >= 0.3 is 5.97 Å². The summed E-state index contributed by atoms with van der Waals surface area (Å²) in [6.45, 7) is 4.43. The van der Waals surface area contributed by atoms with Crippen LogP contribution < -0.4 is 5.73 Å². The predicted molar refractivity (Wildman–Crippen MR) is 48.9 cm³/mol. The monoisotopic (exact) mass is 173 g/mol. The van der Waals surface area contributed by atoms with E-state index in [2.05, 4.69) is 13.8 Å². The van der Waals surface area contributed by atoms with Crippen molar-refractivity contribution in [2.24, 2.45) is 17.6 Å². The summed E-state index contributed by atoms with van der Waals surface area (Å²) in [5.74, 6) is -0.603. The lowest BCUT2D eigenvalue weighted by molar-refractivity contribution is -0.142. The molecular formula is C9H19NO2. The van der Waals surface area contributed by atoms with Gasteiger partial charge in [-0.3, -0.25) is 4.79 Å². The lowest BCUT2D eigenvalue weighted by Crippen LogP contribution is -2.25. The third kappa shape index (κ3) is 3.72. The molecule has 0 heterocycles. The molecule has 0 amide bonds. The number of hydrogen-bond acceptors (Lipinski definition) is 2. The number of carboxylic acid groups (broad SMARTS) is 1. The van der Waals surface area contributed by atoms with Crippen LogP contribution in [0.15, 0.2) is 0 Å². The minimum absolute atomic E-state index is 0.256. The van der Waals surface area contributed by atoms with Gasteiger partial charge in [0, 0.05) is 6.54 Å². The molecule has 0 spiro atoms. The van der Waals surface area contributed by atoms with Gasteiger partial charge in [-0.25, -0.2) is 0 Å². The minimum Gasteiger partial charge on any atom is -0.481 e. The molecule has 0 aromatic carbocycles. The van der Waals surface area contributed by atoms with Gasteiger partial charge in [-0.15, -0.1) is 0 Å². The Kier molecular flexibility index (Phi) is 5.72. The van der Waals surface area contributed by atoms with Gasteiger partial charge in [0.05, 0.1) is 5.92 Å². The average molecular weight is 173 g/mol. The van der Waals surface area contributed by atoms with E-state index in [-0.39, 0.29) is 12.5 Å². The van der Waals surface area contributed by atoms with Crippen LogP contribution in [-0.4, -0.2) is 17.6 Å². The summed E-state index contributed by atoms with van der Waals surface area (Å²) in [6, 6.07) is 0. The second-order valence-corrected chi connectivity index (χ2v) is 3.19. The van der Waals surface area contributed by atoms with Gasteiger partial charge in [-0.1, -0.05) is 26.7 Å². The van der Waals surface area contributed by atoms with E-state index >= 15 is 0 Å². The largest absolute Gasteiger partial charge is 0.481 e. The van der Waals surface area contributed by atoms with Crippen molar-refractivity contribution in [1.82, 2.24) is 0 Å². The first kappa shape index (κ1) is 11.4. The van der Waals surface area contributed by atoms with Crippen LogP contribution in [0, 0.1) is 11.8 Å². The molecular weight excluding hydrogens is 154 g/mol. The molecule has 12 heavy (non-hydrogen) atoms. The van der Waals surface area contributed by atoms with Gasteiger partial charge in [-0.05, 0) is 12.3 Å². The number of rotatable bonds is 6. The molecule has 1 unspecified atom stereocenters. The normalized spacial score (nSPS) is 13.3. The van der Waals surface area contributed by atoms with Crippen molar-refractivity contribution in [2.75, 3.05) is 6.54 Å². The van der Waals surface area contributed by atoms with Gasteiger partial charge < -0.3 is 10.8 Å². The first-order valence-corrected chi connectivity index (χ1v) is 4.58. The van der Waals surface area contributed by atoms with E-state index < -0.39 is 5.97 Å². The molecule has 0 aliphatic carbocycles. The fourth-order valence-corrected chi connectivity index (χ4v) is 1.32. The average Bonchev–Trinajstić information content (AvgIpc) is 2.06. The SMILES string of the molecule is CCC(CC)CC(CN)C(=O)O. The molecule has 0 bridgehead atoms.